The molecule has 0 bridgehead atoms. The number of aryl methyl sites for hydroxylation is 1. The standard InChI is InChI=1S/C24H23N3O3/c1-3-30-20-10-8-19(9-11-20)27(15-5-14-25)24(29)21-12-13-22(26-23(21)28)18-7-4-6-17(2)16-18/h4,6-13,16H,3,5,15H2,1-2H3,(H,26,28). The molecule has 6 heteroatoms. The molecule has 1 amide bonds. The van der Waals surface area contributed by atoms with Gasteiger partial charge in [0.05, 0.1) is 19.1 Å². The van der Waals surface area contributed by atoms with E-state index in [0.29, 0.717) is 23.7 Å². The van der Waals surface area contributed by atoms with Crippen LogP contribution in [0.3, 0.4) is 0 Å². The average molecular weight is 401 g/mol. The maximum atomic E-state index is 13.1. The Labute approximate surface area is 175 Å². The van der Waals surface area contributed by atoms with E-state index >= 15 is 0 Å². The van der Waals surface area contributed by atoms with Gasteiger partial charge in [-0.25, -0.2) is 0 Å². The van der Waals surface area contributed by atoms with Crippen molar-refractivity contribution in [1.29, 1.82) is 5.26 Å². The quantitative estimate of drug-likeness (QED) is 0.639. The zero-order chi connectivity index (χ0) is 21.5. The van der Waals surface area contributed by atoms with Crippen molar-refractivity contribution in [3.63, 3.8) is 0 Å². The summed E-state index contributed by atoms with van der Waals surface area (Å²) in [6, 6.07) is 20.1. The molecule has 152 valence electrons. The highest BCUT2D eigenvalue weighted by molar-refractivity contribution is 6.06. The molecule has 0 unspecified atom stereocenters. The van der Waals surface area contributed by atoms with Gasteiger partial charge in [-0.2, -0.15) is 5.26 Å². The molecule has 0 saturated heterocycles. The fourth-order valence-corrected chi connectivity index (χ4v) is 3.17. The molecule has 6 nitrogen and oxygen atoms in total. The van der Waals surface area contributed by atoms with Gasteiger partial charge in [-0.3, -0.25) is 9.59 Å². The first-order chi connectivity index (χ1) is 14.5. The van der Waals surface area contributed by atoms with E-state index in [1.54, 1.807) is 30.3 Å². The lowest BCUT2D eigenvalue weighted by molar-refractivity contribution is 0.0986. The van der Waals surface area contributed by atoms with E-state index < -0.39 is 11.5 Å². The van der Waals surface area contributed by atoms with Gasteiger partial charge in [0.15, 0.2) is 0 Å². The molecule has 1 heterocycles. The minimum Gasteiger partial charge on any atom is -0.494 e. The Bertz CT molecular complexity index is 1130. The highest BCUT2D eigenvalue weighted by atomic mass is 16.5. The van der Waals surface area contributed by atoms with Crippen molar-refractivity contribution in [2.45, 2.75) is 20.3 Å². The summed E-state index contributed by atoms with van der Waals surface area (Å²) in [5.74, 6) is 0.237. The lowest BCUT2D eigenvalue weighted by atomic mass is 10.1. The first-order valence-corrected chi connectivity index (χ1v) is 9.75. The van der Waals surface area contributed by atoms with E-state index in [0.717, 1.165) is 11.1 Å². The Morgan fingerprint density at radius 1 is 1.13 bits per heavy atom. The molecule has 3 rings (SSSR count). The van der Waals surface area contributed by atoms with Crippen LogP contribution in [-0.4, -0.2) is 24.0 Å². The molecule has 0 radical (unpaired) electrons. The van der Waals surface area contributed by atoms with Gasteiger partial charge in [0, 0.05) is 17.9 Å². The van der Waals surface area contributed by atoms with Crippen LogP contribution in [0.5, 0.6) is 5.75 Å². The number of amides is 1. The minimum atomic E-state index is -0.466. The number of nitriles is 1. The Hall–Kier alpha value is -3.85. The number of carbonyl (C=O) groups is 1. The number of ether oxygens (including phenoxy) is 1. The van der Waals surface area contributed by atoms with Crippen LogP contribution in [-0.2, 0) is 0 Å². The number of hydrogen-bond donors (Lipinski definition) is 1. The van der Waals surface area contributed by atoms with Crippen molar-refractivity contribution in [2.75, 3.05) is 18.1 Å². The second-order valence-corrected chi connectivity index (χ2v) is 6.78. The van der Waals surface area contributed by atoms with Crippen LogP contribution in [0, 0.1) is 18.3 Å². The fourth-order valence-electron chi connectivity index (χ4n) is 3.17. The summed E-state index contributed by atoms with van der Waals surface area (Å²) in [5, 5.41) is 8.99. The number of aromatic nitrogens is 1. The summed E-state index contributed by atoms with van der Waals surface area (Å²) in [6.45, 7) is 4.59. The number of rotatable bonds is 7. The molecule has 30 heavy (non-hydrogen) atoms. The Kier molecular flexibility index (Phi) is 6.66. The number of nitrogens with zero attached hydrogens (tertiary/aromatic N) is 2. The van der Waals surface area contributed by atoms with Crippen LogP contribution >= 0.6 is 0 Å². The highest BCUT2D eigenvalue weighted by Crippen LogP contribution is 2.22. The summed E-state index contributed by atoms with van der Waals surface area (Å²) in [4.78, 5) is 30.1. The van der Waals surface area contributed by atoms with Crippen LogP contribution in [0.1, 0.15) is 29.3 Å². The first kappa shape index (κ1) is 20.9. The van der Waals surface area contributed by atoms with Crippen LogP contribution < -0.4 is 15.2 Å². The van der Waals surface area contributed by atoms with E-state index in [-0.39, 0.29) is 18.5 Å². The van der Waals surface area contributed by atoms with Crippen molar-refractivity contribution in [3.8, 4) is 23.1 Å². The highest BCUT2D eigenvalue weighted by Gasteiger charge is 2.21. The van der Waals surface area contributed by atoms with Gasteiger partial charge in [-0.15, -0.1) is 0 Å². The molecule has 1 aromatic heterocycles. The summed E-state index contributed by atoms with van der Waals surface area (Å²) < 4.78 is 5.44. The van der Waals surface area contributed by atoms with Crippen LogP contribution in [0.25, 0.3) is 11.3 Å². The van der Waals surface area contributed by atoms with E-state index in [1.165, 1.54) is 11.0 Å². The van der Waals surface area contributed by atoms with E-state index in [1.807, 2.05) is 38.1 Å². The normalized spacial score (nSPS) is 10.3. The molecule has 0 aliphatic carbocycles. The minimum absolute atomic E-state index is 0.0261. The van der Waals surface area contributed by atoms with Crippen LogP contribution in [0.15, 0.2) is 65.5 Å². The maximum Gasteiger partial charge on any atom is 0.263 e. The third-order valence-corrected chi connectivity index (χ3v) is 4.62. The maximum absolute atomic E-state index is 13.1. The van der Waals surface area contributed by atoms with Crippen molar-refractivity contribution < 1.29 is 9.53 Å². The zero-order valence-electron chi connectivity index (χ0n) is 17.0. The SMILES string of the molecule is CCOc1ccc(N(CCC#N)C(=O)c2ccc(-c3cccc(C)c3)[nH]c2=O)cc1. The largest absolute Gasteiger partial charge is 0.494 e. The number of benzene rings is 2. The van der Waals surface area contributed by atoms with E-state index in [4.69, 9.17) is 10.00 Å². The molecule has 0 spiro atoms. The first-order valence-electron chi connectivity index (χ1n) is 9.75. The predicted octanol–water partition coefficient (Wildman–Crippen LogP) is 4.31. The topological polar surface area (TPSA) is 86.2 Å². The Balaban J connectivity index is 1.92. The van der Waals surface area contributed by atoms with Gasteiger partial charge in [0.25, 0.3) is 11.5 Å². The summed E-state index contributed by atoms with van der Waals surface area (Å²) >= 11 is 0. The molecule has 0 fully saturated rings. The van der Waals surface area contributed by atoms with Crippen molar-refractivity contribution in [3.05, 3.63) is 82.1 Å². The third-order valence-electron chi connectivity index (χ3n) is 4.62. The monoisotopic (exact) mass is 401 g/mol. The molecule has 2 aromatic carbocycles. The van der Waals surface area contributed by atoms with Gasteiger partial charge in [0.2, 0.25) is 0 Å². The second kappa shape index (κ2) is 9.57. The molecule has 0 saturated carbocycles. The van der Waals surface area contributed by atoms with E-state index in [9.17, 15) is 9.59 Å². The van der Waals surface area contributed by atoms with Crippen LogP contribution in [0.4, 0.5) is 5.69 Å². The molecule has 3 aromatic rings. The average Bonchev–Trinajstić information content (AvgIpc) is 2.75. The summed E-state index contributed by atoms with van der Waals surface area (Å²) in [5.41, 5.74) is 2.75. The number of pyridine rings is 1. The Morgan fingerprint density at radius 2 is 1.90 bits per heavy atom. The summed E-state index contributed by atoms with van der Waals surface area (Å²) in [7, 11) is 0. The number of aromatic amines is 1. The molecule has 0 aliphatic rings. The molecule has 0 aliphatic heterocycles. The van der Waals surface area contributed by atoms with Crippen LogP contribution in [0.2, 0.25) is 0 Å². The van der Waals surface area contributed by atoms with Gasteiger partial charge >= 0.3 is 0 Å². The molecular formula is C24H23N3O3. The molecule has 1 N–H and O–H groups in total. The number of anilines is 1. The van der Waals surface area contributed by atoms with E-state index in [2.05, 4.69) is 11.1 Å². The number of H-pyrrole nitrogens is 1. The number of hydrogen-bond acceptors (Lipinski definition) is 4. The molecule has 0 atom stereocenters. The second-order valence-electron chi connectivity index (χ2n) is 6.78. The number of carbonyl (C=O) groups excluding carboxylic acids is 1. The van der Waals surface area contributed by atoms with Gasteiger partial charge in [-0.1, -0.05) is 23.8 Å². The van der Waals surface area contributed by atoms with Crippen molar-refractivity contribution in [2.24, 2.45) is 0 Å². The van der Waals surface area contributed by atoms with Crippen molar-refractivity contribution >= 4 is 11.6 Å². The summed E-state index contributed by atoms with van der Waals surface area (Å²) in [6.07, 6.45) is 0.151. The lowest BCUT2D eigenvalue weighted by Gasteiger charge is -2.22. The zero-order valence-corrected chi connectivity index (χ0v) is 17.0. The predicted molar refractivity (Wildman–Crippen MR) is 117 cm³/mol. The van der Waals surface area contributed by atoms with Gasteiger partial charge in [0.1, 0.15) is 11.3 Å². The van der Waals surface area contributed by atoms with Gasteiger partial charge in [-0.05, 0) is 61.9 Å². The molecular weight excluding hydrogens is 378 g/mol. The number of nitrogens with one attached hydrogen (secondary N) is 1. The third kappa shape index (κ3) is 4.76. The fraction of sp³-hybridized carbons (Fsp3) is 0.208. The van der Waals surface area contributed by atoms with Gasteiger partial charge < -0.3 is 14.6 Å². The van der Waals surface area contributed by atoms with Crippen molar-refractivity contribution in [1.82, 2.24) is 4.98 Å². The Morgan fingerprint density at radius 3 is 2.53 bits per heavy atom. The lowest BCUT2D eigenvalue weighted by Crippen LogP contribution is -2.35. The smallest absolute Gasteiger partial charge is 0.263 e.